The maximum Gasteiger partial charge on any atom is 0.326 e. The number of carboxylic acids is 2. The van der Waals surface area contributed by atoms with Gasteiger partial charge in [-0.25, -0.2) is 4.79 Å². The predicted molar refractivity (Wildman–Crippen MR) is 111 cm³/mol. The number of hydrogen-bond acceptors (Lipinski definition) is 8. The van der Waals surface area contributed by atoms with Crippen LogP contribution in [0, 0.1) is 0 Å². The van der Waals surface area contributed by atoms with Gasteiger partial charge in [0.1, 0.15) is 12.1 Å². The van der Waals surface area contributed by atoms with Crippen molar-refractivity contribution in [2.75, 3.05) is 13.1 Å². The molecule has 0 heterocycles. The molecule has 0 saturated carbocycles. The Labute approximate surface area is 184 Å². The quantitative estimate of drug-likeness (QED) is 0.100. The van der Waals surface area contributed by atoms with E-state index in [1.165, 1.54) is 0 Å². The highest BCUT2D eigenvalue weighted by Crippen LogP contribution is 2.02. The Bertz CT molecular complexity index is 686. The maximum atomic E-state index is 12.4. The van der Waals surface area contributed by atoms with Gasteiger partial charge >= 0.3 is 11.9 Å². The molecule has 14 heteroatoms. The second kappa shape index (κ2) is 15.5. The SMILES string of the molecule is NCCCCC(NC(=O)CNC(=O)C(CCC(N)=O)NC(=O)C(N)CCC(=O)O)C(=O)O. The molecule has 4 amide bonds. The van der Waals surface area contributed by atoms with Crippen molar-refractivity contribution in [2.24, 2.45) is 17.2 Å². The van der Waals surface area contributed by atoms with E-state index in [-0.39, 0.29) is 32.1 Å². The zero-order valence-electron chi connectivity index (χ0n) is 17.7. The lowest BCUT2D eigenvalue weighted by molar-refractivity contribution is -0.142. The topological polar surface area (TPSA) is 257 Å². The highest BCUT2D eigenvalue weighted by molar-refractivity contribution is 5.93. The predicted octanol–water partition coefficient (Wildman–Crippen LogP) is -3.26. The molecule has 32 heavy (non-hydrogen) atoms. The molecule has 0 rings (SSSR count). The summed E-state index contributed by atoms with van der Waals surface area (Å²) in [5, 5.41) is 24.6. The van der Waals surface area contributed by atoms with Crippen molar-refractivity contribution in [1.29, 1.82) is 0 Å². The average Bonchev–Trinajstić information content (AvgIpc) is 2.71. The van der Waals surface area contributed by atoms with Crippen molar-refractivity contribution >= 4 is 35.6 Å². The Hall–Kier alpha value is -3.26. The molecule has 0 bridgehead atoms. The summed E-state index contributed by atoms with van der Waals surface area (Å²) < 4.78 is 0. The van der Waals surface area contributed by atoms with Crippen LogP contribution in [0.15, 0.2) is 0 Å². The summed E-state index contributed by atoms with van der Waals surface area (Å²) in [7, 11) is 0. The Morgan fingerprint density at radius 1 is 0.812 bits per heavy atom. The molecule has 11 N–H and O–H groups in total. The standard InChI is InChI=1S/C18H32N6O8/c19-8-2-1-3-12(18(31)32)23-14(26)9-22-17(30)11(5-6-13(21)25)24-16(29)10(20)4-7-15(27)28/h10-12H,1-9,19-20H2,(H2,21,25)(H,22,30)(H,23,26)(H,24,29)(H,27,28)(H,31,32). The van der Waals surface area contributed by atoms with Gasteiger partial charge in [-0.1, -0.05) is 0 Å². The summed E-state index contributed by atoms with van der Waals surface area (Å²) >= 11 is 0. The molecule has 0 saturated heterocycles. The molecule has 0 aromatic carbocycles. The molecule has 14 nitrogen and oxygen atoms in total. The van der Waals surface area contributed by atoms with Crippen molar-refractivity contribution in [1.82, 2.24) is 16.0 Å². The van der Waals surface area contributed by atoms with Gasteiger partial charge in [0.25, 0.3) is 0 Å². The van der Waals surface area contributed by atoms with E-state index in [1.54, 1.807) is 0 Å². The Balaban J connectivity index is 4.86. The van der Waals surface area contributed by atoms with E-state index in [9.17, 15) is 28.8 Å². The molecule has 0 aromatic heterocycles. The van der Waals surface area contributed by atoms with Crippen LogP contribution in [-0.4, -0.2) is 77.0 Å². The van der Waals surface area contributed by atoms with Gasteiger partial charge in [0.15, 0.2) is 0 Å². The molecular weight excluding hydrogens is 428 g/mol. The second-order valence-electron chi connectivity index (χ2n) is 7.07. The number of primary amides is 1. The molecule has 0 aliphatic heterocycles. The first kappa shape index (κ1) is 28.7. The van der Waals surface area contributed by atoms with Crippen LogP contribution in [0.5, 0.6) is 0 Å². The van der Waals surface area contributed by atoms with Gasteiger partial charge in [-0.2, -0.15) is 0 Å². The maximum absolute atomic E-state index is 12.4. The third-order valence-corrected chi connectivity index (χ3v) is 4.32. The number of hydrogen-bond donors (Lipinski definition) is 8. The normalized spacial score (nSPS) is 13.3. The van der Waals surface area contributed by atoms with Crippen molar-refractivity contribution in [3.05, 3.63) is 0 Å². The lowest BCUT2D eigenvalue weighted by atomic mass is 10.1. The van der Waals surface area contributed by atoms with E-state index >= 15 is 0 Å². The van der Waals surface area contributed by atoms with Crippen LogP contribution in [0.3, 0.4) is 0 Å². The fourth-order valence-corrected chi connectivity index (χ4v) is 2.53. The number of carboxylic acid groups (broad SMARTS) is 2. The average molecular weight is 460 g/mol. The van der Waals surface area contributed by atoms with Gasteiger partial charge in [-0.05, 0) is 38.6 Å². The van der Waals surface area contributed by atoms with Crippen molar-refractivity contribution in [3.63, 3.8) is 0 Å². The van der Waals surface area contributed by atoms with Crippen molar-refractivity contribution < 1.29 is 39.0 Å². The summed E-state index contributed by atoms with van der Waals surface area (Å²) in [6.45, 7) is -0.192. The van der Waals surface area contributed by atoms with E-state index in [1.807, 2.05) is 0 Å². The summed E-state index contributed by atoms with van der Waals surface area (Å²) in [4.78, 5) is 69.4. The summed E-state index contributed by atoms with van der Waals surface area (Å²) in [5.41, 5.74) is 16.0. The highest BCUT2D eigenvalue weighted by Gasteiger charge is 2.25. The smallest absolute Gasteiger partial charge is 0.326 e. The monoisotopic (exact) mass is 460 g/mol. The molecule has 3 unspecified atom stereocenters. The summed E-state index contributed by atoms with van der Waals surface area (Å²) in [5.74, 6) is -5.52. The minimum absolute atomic E-state index is 0.164. The molecule has 0 radical (unpaired) electrons. The molecule has 0 aliphatic carbocycles. The molecule has 0 fully saturated rings. The van der Waals surface area contributed by atoms with Crippen molar-refractivity contribution in [2.45, 2.75) is 63.1 Å². The first-order valence-electron chi connectivity index (χ1n) is 10.0. The number of nitrogens with one attached hydrogen (secondary N) is 3. The van der Waals surface area contributed by atoms with Crippen LogP contribution in [0.1, 0.15) is 44.9 Å². The van der Waals surface area contributed by atoms with Crippen molar-refractivity contribution in [3.8, 4) is 0 Å². The molecule has 182 valence electrons. The van der Waals surface area contributed by atoms with E-state index in [4.69, 9.17) is 27.4 Å². The Kier molecular flexibility index (Phi) is 13.9. The lowest BCUT2D eigenvalue weighted by Gasteiger charge is -2.20. The Morgan fingerprint density at radius 2 is 1.47 bits per heavy atom. The zero-order valence-corrected chi connectivity index (χ0v) is 17.7. The molecule has 0 aliphatic rings. The minimum Gasteiger partial charge on any atom is -0.481 e. The van der Waals surface area contributed by atoms with Gasteiger partial charge in [0.05, 0.1) is 12.6 Å². The highest BCUT2D eigenvalue weighted by atomic mass is 16.4. The van der Waals surface area contributed by atoms with E-state index < -0.39 is 60.2 Å². The lowest BCUT2D eigenvalue weighted by Crippen LogP contribution is -2.53. The molecular formula is C18H32N6O8. The molecule has 3 atom stereocenters. The van der Waals surface area contributed by atoms with E-state index in [2.05, 4.69) is 16.0 Å². The molecule has 0 spiro atoms. The fraction of sp³-hybridized carbons (Fsp3) is 0.667. The van der Waals surface area contributed by atoms with Crippen LogP contribution in [0.2, 0.25) is 0 Å². The largest absolute Gasteiger partial charge is 0.481 e. The Morgan fingerprint density at radius 3 is 2.00 bits per heavy atom. The van der Waals surface area contributed by atoms with Crippen LogP contribution >= 0.6 is 0 Å². The number of carbonyl (C=O) groups is 6. The first-order valence-corrected chi connectivity index (χ1v) is 10.0. The van der Waals surface area contributed by atoms with Crippen LogP contribution in [-0.2, 0) is 28.8 Å². The van der Waals surface area contributed by atoms with Gasteiger partial charge in [0, 0.05) is 12.8 Å². The van der Waals surface area contributed by atoms with E-state index in [0.29, 0.717) is 19.4 Å². The van der Waals surface area contributed by atoms with Gasteiger partial charge in [-0.3, -0.25) is 24.0 Å². The first-order chi connectivity index (χ1) is 15.0. The van der Waals surface area contributed by atoms with Gasteiger partial charge in [0.2, 0.25) is 23.6 Å². The van der Waals surface area contributed by atoms with E-state index in [0.717, 1.165) is 0 Å². The minimum atomic E-state index is -1.27. The summed E-state index contributed by atoms with van der Waals surface area (Å²) in [6.07, 6.45) is 0.277. The van der Waals surface area contributed by atoms with Crippen LogP contribution < -0.4 is 33.2 Å². The fourth-order valence-electron chi connectivity index (χ4n) is 2.53. The number of nitrogens with two attached hydrogens (primary N) is 3. The third-order valence-electron chi connectivity index (χ3n) is 4.32. The zero-order chi connectivity index (χ0) is 24.7. The third kappa shape index (κ3) is 13.1. The number of amides is 4. The number of carbonyl (C=O) groups excluding carboxylic acids is 4. The number of unbranched alkanes of at least 4 members (excludes halogenated alkanes) is 1. The number of rotatable bonds is 17. The van der Waals surface area contributed by atoms with Gasteiger partial charge in [-0.15, -0.1) is 0 Å². The second-order valence-corrected chi connectivity index (χ2v) is 7.07. The number of aliphatic carboxylic acids is 2. The van der Waals surface area contributed by atoms with Crippen LogP contribution in [0.4, 0.5) is 0 Å². The van der Waals surface area contributed by atoms with Gasteiger partial charge < -0.3 is 43.4 Å². The summed E-state index contributed by atoms with van der Waals surface area (Å²) in [6, 6.07) is -3.62. The van der Waals surface area contributed by atoms with Crippen LogP contribution in [0.25, 0.3) is 0 Å². The molecule has 0 aromatic rings.